The Balaban J connectivity index is 2.29. The normalized spacial score (nSPS) is 10.7. The van der Waals surface area contributed by atoms with Gasteiger partial charge in [0.2, 0.25) is 5.91 Å². The minimum absolute atomic E-state index is 0.108. The summed E-state index contributed by atoms with van der Waals surface area (Å²) in [6, 6.07) is 7.71. The summed E-state index contributed by atoms with van der Waals surface area (Å²) in [4.78, 5) is 23.0. The fraction of sp³-hybridized carbons (Fsp3) is 0.467. The Kier molecular flexibility index (Phi) is 6.02. The number of amides is 2. The van der Waals surface area contributed by atoms with E-state index in [1.807, 2.05) is 31.3 Å². The van der Waals surface area contributed by atoms with Gasteiger partial charge in [-0.3, -0.25) is 4.79 Å². The van der Waals surface area contributed by atoms with Gasteiger partial charge in [0.1, 0.15) is 12.1 Å². The molecule has 0 unspecified atom stereocenters. The predicted molar refractivity (Wildman–Crippen MR) is 82.1 cm³/mol. The third kappa shape index (κ3) is 7.20. The topological polar surface area (TPSA) is 79.5 Å². The van der Waals surface area contributed by atoms with Crippen LogP contribution in [-0.2, 0) is 16.1 Å². The fourth-order valence-corrected chi connectivity index (χ4v) is 1.52. The standard InChI is InChI=1S/C15H23N3O3/c1-15(2,3)21-14(20)18-10-13(19)17-9-11-5-7-12(16-4)8-6-11/h5-8,16H,9-10H2,1-4H3,(H,17,19)(H,18,20). The van der Waals surface area contributed by atoms with Crippen molar-refractivity contribution >= 4 is 17.7 Å². The molecular weight excluding hydrogens is 270 g/mol. The summed E-state index contributed by atoms with van der Waals surface area (Å²) >= 11 is 0. The first-order valence-corrected chi connectivity index (χ1v) is 6.80. The zero-order chi connectivity index (χ0) is 15.9. The number of anilines is 1. The van der Waals surface area contributed by atoms with Gasteiger partial charge in [-0.25, -0.2) is 4.79 Å². The highest BCUT2D eigenvalue weighted by Gasteiger charge is 2.16. The molecule has 1 rings (SSSR count). The minimum Gasteiger partial charge on any atom is -0.444 e. The number of nitrogens with one attached hydrogen (secondary N) is 3. The Morgan fingerprint density at radius 1 is 1.10 bits per heavy atom. The van der Waals surface area contributed by atoms with Crippen LogP contribution in [0, 0.1) is 0 Å². The van der Waals surface area contributed by atoms with Crippen LogP contribution in [0.25, 0.3) is 0 Å². The molecule has 0 saturated carbocycles. The summed E-state index contributed by atoms with van der Waals surface area (Å²) < 4.78 is 5.04. The SMILES string of the molecule is CNc1ccc(CNC(=O)CNC(=O)OC(C)(C)C)cc1. The van der Waals surface area contributed by atoms with E-state index in [9.17, 15) is 9.59 Å². The number of benzene rings is 1. The van der Waals surface area contributed by atoms with Crippen LogP contribution in [0.4, 0.5) is 10.5 Å². The molecule has 6 heteroatoms. The van der Waals surface area contributed by atoms with Crippen LogP contribution in [-0.4, -0.2) is 31.2 Å². The summed E-state index contributed by atoms with van der Waals surface area (Å²) in [6.45, 7) is 5.60. The summed E-state index contributed by atoms with van der Waals surface area (Å²) in [7, 11) is 1.85. The molecule has 0 aliphatic carbocycles. The second-order valence-corrected chi connectivity index (χ2v) is 5.58. The van der Waals surface area contributed by atoms with E-state index in [0.29, 0.717) is 6.54 Å². The number of carbonyl (C=O) groups is 2. The Hall–Kier alpha value is -2.24. The second kappa shape index (κ2) is 7.52. The third-order valence-electron chi connectivity index (χ3n) is 2.52. The van der Waals surface area contributed by atoms with E-state index < -0.39 is 11.7 Å². The van der Waals surface area contributed by atoms with Gasteiger partial charge in [0.25, 0.3) is 0 Å². The van der Waals surface area contributed by atoms with Crippen molar-refractivity contribution < 1.29 is 14.3 Å². The first-order chi connectivity index (χ1) is 9.80. The molecule has 0 bridgehead atoms. The van der Waals surface area contributed by atoms with Gasteiger partial charge in [-0.05, 0) is 38.5 Å². The molecule has 0 saturated heterocycles. The Morgan fingerprint density at radius 2 is 1.71 bits per heavy atom. The number of alkyl carbamates (subject to hydrolysis) is 1. The highest BCUT2D eigenvalue weighted by Crippen LogP contribution is 2.08. The Morgan fingerprint density at radius 3 is 2.24 bits per heavy atom. The van der Waals surface area contributed by atoms with Crippen molar-refractivity contribution in [2.45, 2.75) is 32.9 Å². The maximum absolute atomic E-state index is 11.6. The molecule has 0 atom stereocenters. The lowest BCUT2D eigenvalue weighted by molar-refractivity contribution is -0.120. The van der Waals surface area contributed by atoms with Gasteiger partial charge in [0, 0.05) is 19.3 Å². The lowest BCUT2D eigenvalue weighted by atomic mass is 10.2. The number of carbonyl (C=O) groups excluding carboxylic acids is 2. The molecule has 0 heterocycles. The van der Waals surface area contributed by atoms with Crippen molar-refractivity contribution in [1.29, 1.82) is 0 Å². The second-order valence-electron chi connectivity index (χ2n) is 5.58. The fourth-order valence-electron chi connectivity index (χ4n) is 1.52. The molecule has 0 aromatic heterocycles. The first-order valence-electron chi connectivity index (χ1n) is 6.80. The molecule has 1 aromatic carbocycles. The summed E-state index contributed by atoms with van der Waals surface area (Å²) in [5.74, 6) is -0.265. The van der Waals surface area contributed by atoms with E-state index in [-0.39, 0.29) is 12.5 Å². The van der Waals surface area contributed by atoms with Crippen molar-refractivity contribution in [3.8, 4) is 0 Å². The Bertz CT molecular complexity index is 478. The van der Waals surface area contributed by atoms with Gasteiger partial charge in [-0.1, -0.05) is 12.1 Å². The van der Waals surface area contributed by atoms with Gasteiger partial charge >= 0.3 is 6.09 Å². The smallest absolute Gasteiger partial charge is 0.408 e. The molecular formula is C15H23N3O3. The molecule has 6 nitrogen and oxygen atoms in total. The van der Waals surface area contributed by atoms with E-state index in [4.69, 9.17) is 4.74 Å². The quantitative estimate of drug-likeness (QED) is 0.774. The molecule has 0 aliphatic rings. The number of rotatable bonds is 5. The van der Waals surface area contributed by atoms with E-state index >= 15 is 0 Å². The molecule has 0 fully saturated rings. The Labute approximate surface area is 125 Å². The average Bonchev–Trinajstić information content (AvgIpc) is 2.41. The lowest BCUT2D eigenvalue weighted by Gasteiger charge is -2.19. The van der Waals surface area contributed by atoms with Crippen molar-refractivity contribution in [1.82, 2.24) is 10.6 Å². The molecule has 116 valence electrons. The van der Waals surface area contributed by atoms with Crippen molar-refractivity contribution in [3.05, 3.63) is 29.8 Å². The van der Waals surface area contributed by atoms with E-state index in [1.54, 1.807) is 20.8 Å². The van der Waals surface area contributed by atoms with E-state index in [0.717, 1.165) is 11.3 Å². The number of hydrogen-bond donors (Lipinski definition) is 3. The third-order valence-corrected chi connectivity index (χ3v) is 2.52. The van der Waals surface area contributed by atoms with Crippen LogP contribution in [0.1, 0.15) is 26.3 Å². The van der Waals surface area contributed by atoms with Gasteiger partial charge in [0.05, 0.1) is 0 Å². The van der Waals surface area contributed by atoms with Crippen molar-refractivity contribution in [3.63, 3.8) is 0 Å². The summed E-state index contributed by atoms with van der Waals surface area (Å²) in [5.41, 5.74) is 1.42. The maximum atomic E-state index is 11.6. The van der Waals surface area contributed by atoms with Crippen LogP contribution in [0.15, 0.2) is 24.3 Å². The van der Waals surface area contributed by atoms with Crippen LogP contribution < -0.4 is 16.0 Å². The lowest BCUT2D eigenvalue weighted by Crippen LogP contribution is -2.39. The maximum Gasteiger partial charge on any atom is 0.408 e. The van der Waals surface area contributed by atoms with Crippen LogP contribution >= 0.6 is 0 Å². The molecule has 1 aromatic rings. The van der Waals surface area contributed by atoms with Gasteiger partial charge in [-0.15, -0.1) is 0 Å². The largest absolute Gasteiger partial charge is 0.444 e. The molecule has 2 amide bonds. The first kappa shape index (κ1) is 16.8. The van der Waals surface area contributed by atoms with Crippen molar-refractivity contribution in [2.24, 2.45) is 0 Å². The molecule has 0 aliphatic heterocycles. The highest BCUT2D eigenvalue weighted by molar-refractivity contribution is 5.82. The van der Waals surface area contributed by atoms with E-state index in [1.165, 1.54) is 0 Å². The predicted octanol–water partition coefficient (Wildman–Crippen LogP) is 1.87. The van der Waals surface area contributed by atoms with Gasteiger partial charge < -0.3 is 20.7 Å². The molecule has 3 N–H and O–H groups in total. The van der Waals surface area contributed by atoms with Crippen LogP contribution in [0.5, 0.6) is 0 Å². The zero-order valence-electron chi connectivity index (χ0n) is 12.9. The monoisotopic (exact) mass is 293 g/mol. The zero-order valence-corrected chi connectivity index (χ0v) is 12.9. The van der Waals surface area contributed by atoms with Gasteiger partial charge in [0.15, 0.2) is 0 Å². The van der Waals surface area contributed by atoms with Gasteiger partial charge in [-0.2, -0.15) is 0 Å². The summed E-state index contributed by atoms with van der Waals surface area (Å²) in [6.07, 6.45) is -0.601. The minimum atomic E-state index is -0.601. The van der Waals surface area contributed by atoms with E-state index in [2.05, 4.69) is 16.0 Å². The highest BCUT2D eigenvalue weighted by atomic mass is 16.6. The summed E-state index contributed by atoms with van der Waals surface area (Å²) in [5, 5.41) is 8.16. The number of hydrogen-bond acceptors (Lipinski definition) is 4. The molecule has 21 heavy (non-hydrogen) atoms. The number of ether oxygens (including phenoxy) is 1. The molecule has 0 radical (unpaired) electrons. The van der Waals surface area contributed by atoms with Crippen LogP contribution in [0.3, 0.4) is 0 Å². The van der Waals surface area contributed by atoms with Crippen molar-refractivity contribution in [2.75, 3.05) is 18.9 Å². The average molecular weight is 293 g/mol. The van der Waals surface area contributed by atoms with Crippen LogP contribution in [0.2, 0.25) is 0 Å². The molecule has 0 spiro atoms.